The lowest BCUT2D eigenvalue weighted by atomic mass is 9.94. The van der Waals surface area contributed by atoms with E-state index < -0.39 is 23.5 Å². The van der Waals surface area contributed by atoms with E-state index in [9.17, 15) is 14.4 Å². The monoisotopic (exact) mass is 248 g/mol. The van der Waals surface area contributed by atoms with Crippen LogP contribution < -0.4 is 16.4 Å². The maximum absolute atomic E-state index is 11.6. The molecule has 2 aliphatic heterocycles. The van der Waals surface area contributed by atoms with Gasteiger partial charge in [0.25, 0.3) is 5.91 Å². The predicted octanol–water partition coefficient (Wildman–Crippen LogP) is -1.82. The number of carbonyl (C=O) groups is 3. The van der Waals surface area contributed by atoms with E-state index in [0.717, 1.165) is 0 Å². The molecule has 0 aromatic heterocycles. The largest absolute Gasteiger partial charge is 0.368 e. The van der Waals surface area contributed by atoms with Gasteiger partial charge in [-0.3, -0.25) is 14.9 Å². The second-order valence-corrected chi connectivity index (χ2v) is 3.89. The van der Waals surface area contributed by atoms with Gasteiger partial charge in [0.1, 0.15) is 5.54 Å². The first-order valence-corrected chi connectivity index (χ1v) is 4.59. The standard InChI is InChI=1S/C8H12N4O3.ClH/c1-12-7(15)11-6(14)8(12)2-4(5(9)13)10-3-8;/h4,10H,2-3H2,1H3,(H2,9,13)(H,11,14,15);1H/t4-,8+;/m0./s1. The Morgan fingerprint density at radius 3 is 2.56 bits per heavy atom. The molecule has 0 unspecified atom stereocenters. The molecule has 2 heterocycles. The second kappa shape index (κ2) is 3.91. The van der Waals surface area contributed by atoms with Gasteiger partial charge in [-0.25, -0.2) is 4.79 Å². The van der Waals surface area contributed by atoms with Gasteiger partial charge in [0, 0.05) is 20.0 Å². The third-order valence-corrected chi connectivity index (χ3v) is 3.12. The second-order valence-electron chi connectivity index (χ2n) is 3.89. The van der Waals surface area contributed by atoms with Gasteiger partial charge in [-0.2, -0.15) is 0 Å². The Morgan fingerprint density at radius 1 is 1.56 bits per heavy atom. The lowest BCUT2D eigenvalue weighted by Gasteiger charge is -2.26. The molecule has 0 bridgehead atoms. The molecule has 7 nitrogen and oxygen atoms in total. The molecule has 2 rings (SSSR count). The van der Waals surface area contributed by atoms with Crippen LogP contribution in [0.5, 0.6) is 0 Å². The minimum absolute atomic E-state index is 0. The summed E-state index contributed by atoms with van der Waals surface area (Å²) in [5.41, 5.74) is 4.19. The van der Waals surface area contributed by atoms with Crippen LogP contribution in [0.1, 0.15) is 6.42 Å². The smallest absolute Gasteiger partial charge is 0.324 e. The fraction of sp³-hybridized carbons (Fsp3) is 0.625. The fourth-order valence-corrected chi connectivity index (χ4v) is 2.05. The van der Waals surface area contributed by atoms with Crippen molar-refractivity contribution < 1.29 is 14.4 Å². The van der Waals surface area contributed by atoms with Gasteiger partial charge in [0.2, 0.25) is 5.91 Å². The van der Waals surface area contributed by atoms with E-state index in [2.05, 4.69) is 10.6 Å². The molecule has 2 aliphatic rings. The van der Waals surface area contributed by atoms with Crippen LogP contribution in [0.25, 0.3) is 0 Å². The van der Waals surface area contributed by atoms with E-state index in [1.165, 1.54) is 11.9 Å². The molecule has 0 aliphatic carbocycles. The van der Waals surface area contributed by atoms with Crippen LogP contribution in [-0.4, -0.2) is 47.9 Å². The molecule has 16 heavy (non-hydrogen) atoms. The first-order valence-electron chi connectivity index (χ1n) is 4.59. The average molecular weight is 249 g/mol. The van der Waals surface area contributed by atoms with E-state index in [1.54, 1.807) is 0 Å². The molecule has 1 spiro atoms. The zero-order chi connectivity index (χ0) is 11.2. The van der Waals surface area contributed by atoms with Crippen LogP contribution in [0.2, 0.25) is 0 Å². The number of primary amides is 1. The molecule has 4 amide bonds. The number of hydrogen-bond donors (Lipinski definition) is 3. The Kier molecular flexibility index (Phi) is 3.11. The van der Waals surface area contributed by atoms with Crippen molar-refractivity contribution >= 4 is 30.3 Å². The summed E-state index contributed by atoms with van der Waals surface area (Å²) in [7, 11) is 1.53. The zero-order valence-electron chi connectivity index (χ0n) is 8.65. The quantitative estimate of drug-likeness (QED) is 0.475. The lowest BCUT2D eigenvalue weighted by Crippen LogP contribution is -2.49. The van der Waals surface area contributed by atoms with Crippen molar-refractivity contribution in [2.45, 2.75) is 18.0 Å². The maximum atomic E-state index is 11.6. The Balaban J connectivity index is 0.00000128. The number of rotatable bonds is 1. The molecule has 0 saturated carbocycles. The molecule has 0 radical (unpaired) electrons. The molecule has 2 atom stereocenters. The summed E-state index contributed by atoms with van der Waals surface area (Å²) in [4.78, 5) is 35.2. The minimum Gasteiger partial charge on any atom is -0.368 e. The van der Waals surface area contributed by atoms with Gasteiger partial charge in [-0.05, 0) is 0 Å². The van der Waals surface area contributed by atoms with E-state index in [1.807, 2.05) is 0 Å². The number of nitrogens with two attached hydrogens (primary N) is 1. The molecule has 90 valence electrons. The highest BCUT2D eigenvalue weighted by molar-refractivity contribution is 6.07. The summed E-state index contributed by atoms with van der Waals surface area (Å²) in [5.74, 6) is -0.876. The highest BCUT2D eigenvalue weighted by Gasteiger charge is 2.56. The van der Waals surface area contributed by atoms with Crippen LogP contribution >= 0.6 is 12.4 Å². The number of halogens is 1. The summed E-state index contributed by atoms with van der Waals surface area (Å²) in [6.45, 7) is 0.259. The number of imide groups is 1. The predicted molar refractivity (Wildman–Crippen MR) is 56.9 cm³/mol. The van der Waals surface area contributed by atoms with Crippen molar-refractivity contribution in [3.05, 3.63) is 0 Å². The SMILES string of the molecule is CN1C(=O)NC(=O)[C@@]12CN[C@H](C(N)=O)C2.Cl. The first kappa shape index (κ1) is 12.7. The normalized spacial score (nSPS) is 32.8. The Labute approximate surface area is 98.1 Å². The van der Waals surface area contributed by atoms with Crippen molar-refractivity contribution in [1.29, 1.82) is 0 Å². The number of nitrogens with zero attached hydrogens (tertiary/aromatic N) is 1. The number of likely N-dealkylation sites (N-methyl/N-ethyl adjacent to an activating group) is 1. The topological polar surface area (TPSA) is 105 Å². The first-order chi connectivity index (χ1) is 6.97. The Morgan fingerprint density at radius 2 is 2.19 bits per heavy atom. The summed E-state index contributed by atoms with van der Waals surface area (Å²) in [6.07, 6.45) is 0.233. The van der Waals surface area contributed by atoms with Gasteiger partial charge in [-0.1, -0.05) is 0 Å². The van der Waals surface area contributed by atoms with Gasteiger partial charge in [0.05, 0.1) is 6.04 Å². The summed E-state index contributed by atoms with van der Waals surface area (Å²) < 4.78 is 0. The third kappa shape index (κ3) is 1.52. The van der Waals surface area contributed by atoms with Gasteiger partial charge in [0.15, 0.2) is 0 Å². The summed E-state index contributed by atoms with van der Waals surface area (Å²) >= 11 is 0. The minimum atomic E-state index is -0.948. The number of amides is 4. The van der Waals surface area contributed by atoms with Crippen molar-refractivity contribution in [3.63, 3.8) is 0 Å². The molecule has 2 fully saturated rings. The highest BCUT2D eigenvalue weighted by atomic mass is 35.5. The molecule has 0 aromatic rings. The van der Waals surface area contributed by atoms with Crippen molar-refractivity contribution in [3.8, 4) is 0 Å². The van der Waals surface area contributed by atoms with Crippen LogP contribution in [0.4, 0.5) is 4.79 Å². The van der Waals surface area contributed by atoms with Crippen LogP contribution in [-0.2, 0) is 9.59 Å². The third-order valence-electron chi connectivity index (χ3n) is 3.12. The average Bonchev–Trinajstić information content (AvgIpc) is 2.68. The van der Waals surface area contributed by atoms with Crippen molar-refractivity contribution in [1.82, 2.24) is 15.5 Å². The number of urea groups is 1. The van der Waals surface area contributed by atoms with Gasteiger partial charge >= 0.3 is 6.03 Å². The summed E-state index contributed by atoms with van der Waals surface area (Å²) in [6, 6.07) is -0.990. The van der Waals surface area contributed by atoms with Crippen molar-refractivity contribution in [2.75, 3.05) is 13.6 Å². The zero-order valence-corrected chi connectivity index (χ0v) is 9.47. The van der Waals surface area contributed by atoms with Crippen molar-refractivity contribution in [2.24, 2.45) is 5.73 Å². The summed E-state index contributed by atoms with van der Waals surface area (Å²) in [5, 5.41) is 5.06. The van der Waals surface area contributed by atoms with Crippen LogP contribution in [0.3, 0.4) is 0 Å². The lowest BCUT2D eigenvalue weighted by molar-refractivity contribution is -0.125. The van der Waals surface area contributed by atoms with Gasteiger partial charge in [-0.15, -0.1) is 12.4 Å². The van der Waals surface area contributed by atoms with E-state index in [0.29, 0.717) is 0 Å². The maximum Gasteiger partial charge on any atom is 0.324 e. The van der Waals surface area contributed by atoms with Gasteiger partial charge < -0.3 is 16.0 Å². The van der Waals surface area contributed by atoms with E-state index >= 15 is 0 Å². The highest BCUT2D eigenvalue weighted by Crippen LogP contribution is 2.29. The number of hydrogen-bond acceptors (Lipinski definition) is 4. The molecule has 4 N–H and O–H groups in total. The fourth-order valence-electron chi connectivity index (χ4n) is 2.05. The molecule has 8 heteroatoms. The van der Waals surface area contributed by atoms with E-state index in [-0.39, 0.29) is 31.3 Å². The van der Waals surface area contributed by atoms with Crippen LogP contribution in [0.15, 0.2) is 0 Å². The molecular formula is C8H13ClN4O3. The molecule has 0 aromatic carbocycles. The van der Waals surface area contributed by atoms with E-state index in [4.69, 9.17) is 5.73 Å². The molecule has 2 saturated heterocycles. The number of carbonyl (C=O) groups excluding carboxylic acids is 3. The molecular weight excluding hydrogens is 236 g/mol. The Bertz CT molecular complexity index is 361. The Hall–Kier alpha value is -1.34. The number of nitrogens with one attached hydrogen (secondary N) is 2. The van der Waals surface area contributed by atoms with Crippen LogP contribution in [0, 0.1) is 0 Å².